The Balaban J connectivity index is 2.19. The van der Waals surface area contributed by atoms with Gasteiger partial charge >= 0.3 is 0 Å². The van der Waals surface area contributed by atoms with Crippen LogP contribution in [0.4, 0.5) is 0 Å². The van der Waals surface area contributed by atoms with E-state index in [0.29, 0.717) is 14.3 Å². The normalized spacial score (nSPS) is 10.8. The zero-order chi connectivity index (χ0) is 4.12. The van der Waals surface area contributed by atoms with Crippen LogP contribution in [0.25, 0.3) is 0 Å². The highest BCUT2D eigenvalue weighted by atomic mass is 35.7. The Morgan fingerprint density at radius 1 is 2.00 bits per heavy atom. The van der Waals surface area contributed by atoms with Gasteiger partial charge in [-0.05, 0) is 0 Å². The molecule has 0 bridgehead atoms. The molecule has 0 aromatic heterocycles. The summed E-state index contributed by atoms with van der Waals surface area (Å²) in [6.07, 6.45) is 0.682. The van der Waals surface area contributed by atoms with Crippen molar-refractivity contribution in [3.05, 3.63) is 0 Å². The van der Waals surface area contributed by atoms with Crippen LogP contribution >= 0.6 is 19.2 Å². The molecule has 0 saturated heterocycles. The van der Waals surface area contributed by atoms with Crippen LogP contribution in [0.3, 0.4) is 0 Å². The summed E-state index contributed by atoms with van der Waals surface area (Å²) in [5.41, 5.74) is 0. The van der Waals surface area contributed by atoms with Gasteiger partial charge in [0, 0.05) is 15.0 Å². The average Bonchev–Trinajstić information content (AvgIpc) is 1.41. The molecule has 1 unspecified atom stereocenters. The van der Waals surface area contributed by atoms with Gasteiger partial charge in [0.15, 0.2) is 0 Å². The predicted molar refractivity (Wildman–Crippen MR) is 26.0 cm³/mol. The molecule has 0 fully saturated rings. The van der Waals surface area contributed by atoms with Gasteiger partial charge in [-0.2, -0.15) is 0 Å². The molecular formula is C2H6ClOP. The highest BCUT2D eigenvalue weighted by Crippen LogP contribution is 2.13. The predicted octanol–water partition coefficient (Wildman–Crippen LogP) is 1.42. The average molecular weight is 112 g/mol. The van der Waals surface area contributed by atoms with E-state index < -0.39 is 0 Å². The fraction of sp³-hybridized carbons (Fsp3) is 1.00. The summed E-state index contributed by atoms with van der Waals surface area (Å²) >= 11 is 5.20. The van der Waals surface area contributed by atoms with E-state index in [-0.39, 0.29) is 0 Å². The molecule has 0 aromatic rings. The van der Waals surface area contributed by atoms with Crippen LogP contribution in [-0.2, 0) is 4.74 Å². The lowest BCUT2D eigenvalue weighted by molar-refractivity contribution is 0.258. The van der Waals surface area contributed by atoms with Gasteiger partial charge in [-0.3, -0.25) is 0 Å². The molecule has 0 aliphatic rings. The lowest BCUT2D eigenvalue weighted by Crippen LogP contribution is -1.70. The van der Waals surface area contributed by atoms with Crippen LogP contribution in [0, 0.1) is 0 Å². The van der Waals surface area contributed by atoms with Gasteiger partial charge < -0.3 is 4.74 Å². The Bertz CT molecular complexity index is 17.1. The minimum atomic E-state index is 0.408. The maximum atomic E-state index is 5.20. The number of rotatable bonds is 2. The van der Waals surface area contributed by atoms with Gasteiger partial charge in [-0.25, -0.2) is 0 Å². The Labute approximate surface area is 38.2 Å². The van der Waals surface area contributed by atoms with Crippen molar-refractivity contribution in [3.8, 4) is 0 Å². The summed E-state index contributed by atoms with van der Waals surface area (Å²) in [6.45, 7) is 0. The van der Waals surface area contributed by atoms with Gasteiger partial charge in [0.2, 0.25) is 0 Å². The summed E-state index contributed by atoms with van der Waals surface area (Å²) in [5, 5.41) is 0. The van der Waals surface area contributed by atoms with Crippen molar-refractivity contribution < 1.29 is 4.74 Å². The first-order chi connectivity index (χ1) is 2.41. The molecule has 0 aromatic carbocycles. The molecule has 0 rings (SSSR count). The van der Waals surface area contributed by atoms with Crippen molar-refractivity contribution in [2.45, 2.75) is 0 Å². The van der Waals surface area contributed by atoms with Gasteiger partial charge in [0.1, 0.15) is 0 Å². The molecule has 32 valence electrons. The Morgan fingerprint density at radius 3 is 2.60 bits per heavy atom. The van der Waals surface area contributed by atoms with E-state index in [9.17, 15) is 0 Å². The molecule has 0 spiro atoms. The van der Waals surface area contributed by atoms with Gasteiger partial charge in [0.05, 0.1) is 6.35 Å². The van der Waals surface area contributed by atoms with Crippen molar-refractivity contribution in [1.82, 2.24) is 0 Å². The summed E-state index contributed by atoms with van der Waals surface area (Å²) in [6, 6.07) is 0. The van der Waals surface area contributed by atoms with Crippen LogP contribution in [0.5, 0.6) is 0 Å². The number of hydrogen-bond donors (Lipinski definition) is 0. The van der Waals surface area contributed by atoms with Crippen molar-refractivity contribution in [2.24, 2.45) is 0 Å². The Morgan fingerprint density at radius 2 is 2.60 bits per heavy atom. The van der Waals surface area contributed by atoms with E-state index in [1.54, 1.807) is 7.11 Å². The number of halogens is 1. The van der Waals surface area contributed by atoms with E-state index >= 15 is 0 Å². The standard InChI is InChI=1S/C2H6ClOP/c1-4-2-5-3/h5H,2H2,1H3. The highest BCUT2D eigenvalue weighted by Gasteiger charge is 1.68. The second-order valence-corrected chi connectivity index (χ2v) is 1.92. The van der Waals surface area contributed by atoms with Gasteiger partial charge in [-0.1, -0.05) is 11.2 Å². The van der Waals surface area contributed by atoms with Gasteiger partial charge in [-0.15, -0.1) is 0 Å². The third-order valence-electron chi connectivity index (χ3n) is 0.199. The fourth-order valence-electron chi connectivity index (χ4n) is 0.0546. The molecule has 0 aliphatic heterocycles. The topological polar surface area (TPSA) is 9.23 Å². The van der Waals surface area contributed by atoms with Crippen LogP contribution in [0.15, 0.2) is 0 Å². The quantitative estimate of drug-likeness (QED) is 0.491. The van der Waals surface area contributed by atoms with Crippen molar-refractivity contribution in [3.63, 3.8) is 0 Å². The fourth-order valence-corrected chi connectivity index (χ4v) is 0.491. The number of hydrogen-bond acceptors (Lipinski definition) is 1. The first kappa shape index (κ1) is 5.68. The van der Waals surface area contributed by atoms with E-state index in [1.165, 1.54) is 0 Å². The smallest absolute Gasteiger partial charge is 0.0770 e. The monoisotopic (exact) mass is 112 g/mol. The zero-order valence-corrected chi connectivity index (χ0v) is 4.75. The van der Waals surface area contributed by atoms with Crippen molar-refractivity contribution >= 4 is 19.2 Å². The molecular weight excluding hydrogens is 106 g/mol. The summed E-state index contributed by atoms with van der Waals surface area (Å²) in [7, 11) is 2.04. The van der Waals surface area contributed by atoms with E-state index in [0.717, 1.165) is 0 Å². The molecule has 0 amide bonds. The largest absolute Gasteiger partial charge is 0.379 e. The van der Waals surface area contributed by atoms with Crippen molar-refractivity contribution in [1.29, 1.82) is 0 Å². The minimum absolute atomic E-state index is 0.408. The van der Waals surface area contributed by atoms with Crippen LogP contribution in [0.1, 0.15) is 0 Å². The maximum absolute atomic E-state index is 5.20. The third-order valence-corrected chi connectivity index (χ3v) is 0.924. The van der Waals surface area contributed by atoms with Crippen LogP contribution in [-0.4, -0.2) is 13.5 Å². The Hall–Kier alpha value is 0.680. The highest BCUT2D eigenvalue weighted by molar-refractivity contribution is 7.68. The molecule has 3 heteroatoms. The third kappa shape index (κ3) is 4.68. The van der Waals surface area contributed by atoms with Crippen molar-refractivity contribution in [2.75, 3.05) is 13.5 Å². The zero-order valence-electron chi connectivity index (χ0n) is 2.99. The molecule has 1 nitrogen and oxygen atoms in total. The minimum Gasteiger partial charge on any atom is -0.379 e. The first-order valence-electron chi connectivity index (χ1n) is 1.24. The summed E-state index contributed by atoms with van der Waals surface area (Å²) < 4.78 is 4.57. The molecule has 0 radical (unpaired) electrons. The first-order valence-corrected chi connectivity index (χ1v) is 3.46. The second-order valence-electron chi connectivity index (χ2n) is 0.567. The van der Waals surface area contributed by atoms with Crippen LogP contribution in [0.2, 0.25) is 0 Å². The molecule has 1 atom stereocenters. The lowest BCUT2D eigenvalue weighted by Gasteiger charge is -1.82. The molecule has 0 heterocycles. The Kier molecular flexibility index (Phi) is 5.32. The summed E-state index contributed by atoms with van der Waals surface area (Å²) in [4.78, 5) is 0. The molecule has 0 saturated carbocycles. The number of ether oxygens (including phenoxy) is 1. The van der Waals surface area contributed by atoms with Crippen LogP contribution < -0.4 is 0 Å². The molecule has 5 heavy (non-hydrogen) atoms. The molecule has 0 aliphatic carbocycles. The summed E-state index contributed by atoms with van der Waals surface area (Å²) in [5.74, 6) is 0. The maximum Gasteiger partial charge on any atom is 0.0770 e. The number of methoxy groups -OCH3 is 1. The SMILES string of the molecule is COCPCl. The van der Waals surface area contributed by atoms with E-state index in [2.05, 4.69) is 4.74 Å². The second kappa shape index (κ2) is 4.68. The van der Waals surface area contributed by atoms with E-state index in [1.807, 2.05) is 0 Å². The van der Waals surface area contributed by atoms with Gasteiger partial charge in [0.25, 0.3) is 0 Å². The lowest BCUT2D eigenvalue weighted by atomic mass is 11.5. The molecule has 0 N–H and O–H groups in total. The van der Waals surface area contributed by atoms with E-state index in [4.69, 9.17) is 11.2 Å².